The van der Waals surface area contributed by atoms with E-state index in [1.54, 1.807) is 0 Å². The molecule has 0 rings (SSSR count). The largest absolute Gasteiger partial charge is 0.480 e. The van der Waals surface area contributed by atoms with E-state index in [2.05, 4.69) is 12.6 Å². The van der Waals surface area contributed by atoms with Crippen LogP contribution in [0.25, 0.3) is 0 Å². The molecule has 0 spiro atoms. The molecule has 3 nitrogen and oxygen atoms in total. The Balaban J connectivity index is 0. The van der Waals surface area contributed by atoms with E-state index < -0.39 is 12.0 Å². The zero-order valence-electron chi connectivity index (χ0n) is 4.37. The van der Waals surface area contributed by atoms with E-state index in [-0.39, 0.29) is 33.1 Å². The molecule has 5 heteroatoms. The molecule has 0 aliphatic heterocycles. The Kier molecular flexibility index (Phi) is 8.38. The summed E-state index contributed by atoms with van der Waals surface area (Å²) in [5.41, 5.74) is 4.94. The van der Waals surface area contributed by atoms with Gasteiger partial charge in [0.05, 0.1) is 0 Å². The zero-order valence-corrected chi connectivity index (χ0v) is 9.30. The fraction of sp³-hybridized carbons (Fsp3) is 0.667. The molecular formula is C3H7CdNO2S. The summed E-state index contributed by atoms with van der Waals surface area (Å²) in [5.74, 6) is -0.815. The summed E-state index contributed by atoms with van der Waals surface area (Å²) < 4.78 is 0. The van der Waals surface area contributed by atoms with Gasteiger partial charge < -0.3 is 10.8 Å². The maximum Gasteiger partial charge on any atom is 0.321 e. The standard InChI is InChI=1S/C3H7NO2S.Cd/c4-2(1-7)3(5)6;/h2,7H,1,4H2,(H,5,6);/t2-;/m0./s1. The van der Waals surface area contributed by atoms with Crippen LogP contribution in [-0.2, 0) is 32.1 Å². The molecule has 0 aromatic carbocycles. The van der Waals surface area contributed by atoms with Crippen molar-refractivity contribution in [2.75, 3.05) is 5.75 Å². The number of carboxylic acids is 1. The molecule has 0 unspecified atom stereocenters. The SMILES string of the molecule is N[C@@H](CS)C(=O)O.[Cd]. The van der Waals surface area contributed by atoms with Crippen molar-refractivity contribution < 1.29 is 37.2 Å². The maximum atomic E-state index is 9.76. The van der Waals surface area contributed by atoms with Crippen LogP contribution in [0.1, 0.15) is 0 Å². The monoisotopic (exact) mass is 235 g/mol. The van der Waals surface area contributed by atoms with Gasteiger partial charge in [0.15, 0.2) is 0 Å². The Morgan fingerprint density at radius 2 is 2.25 bits per heavy atom. The van der Waals surface area contributed by atoms with Gasteiger partial charge in [-0.05, 0) is 0 Å². The molecular weight excluding hydrogens is 227 g/mol. The minimum Gasteiger partial charge on any atom is -0.480 e. The fourth-order valence-corrected chi connectivity index (χ4v) is 0.234. The number of rotatable bonds is 2. The Morgan fingerprint density at radius 3 is 2.25 bits per heavy atom. The number of hydrogen-bond acceptors (Lipinski definition) is 3. The average molecular weight is 234 g/mol. The van der Waals surface area contributed by atoms with Gasteiger partial charge in [-0.2, -0.15) is 12.6 Å². The van der Waals surface area contributed by atoms with E-state index in [0.29, 0.717) is 0 Å². The van der Waals surface area contributed by atoms with Gasteiger partial charge in [-0.15, -0.1) is 0 Å². The number of thiol groups is 1. The topological polar surface area (TPSA) is 63.3 Å². The fourth-order valence-electron chi connectivity index (χ4n) is 0.0781. The normalized spacial score (nSPS) is 11.8. The summed E-state index contributed by atoms with van der Waals surface area (Å²) >= 11 is 3.65. The molecule has 8 heavy (non-hydrogen) atoms. The van der Waals surface area contributed by atoms with E-state index in [1.165, 1.54) is 0 Å². The molecule has 0 bridgehead atoms. The van der Waals surface area contributed by atoms with Crippen molar-refractivity contribution in [3.63, 3.8) is 0 Å². The average Bonchev–Trinajstić information content (AvgIpc) is 1.65. The van der Waals surface area contributed by atoms with Gasteiger partial charge in [0.1, 0.15) is 6.04 Å². The van der Waals surface area contributed by atoms with Gasteiger partial charge in [-0.3, -0.25) is 4.79 Å². The van der Waals surface area contributed by atoms with Crippen molar-refractivity contribution in [1.82, 2.24) is 0 Å². The molecule has 0 aromatic heterocycles. The van der Waals surface area contributed by atoms with Crippen molar-refractivity contribution >= 4 is 18.6 Å². The van der Waals surface area contributed by atoms with Crippen LogP contribution in [0.2, 0.25) is 0 Å². The molecule has 1 atom stereocenters. The van der Waals surface area contributed by atoms with Gasteiger partial charge in [-0.1, -0.05) is 0 Å². The third-order valence-electron chi connectivity index (χ3n) is 0.514. The third kappa shape index (κ3) is 4.85. The van der Waals surface area contributed by atoms with Gasteiger partial charge in [0, 0.05) is 33.1 Å². The van der Waals surface area contributed by atoms with E-state index in [0.717, 1.165) is 0 Å². The second-order valence-corrected chi connectivity index (χ2v) is 1.49. The van der Waals surface area contributed by atoms with Crippen LogP contribution in [0, 0.1) is 0 Å². The Morgan fingerprint density at radius 1 is 1.88 bits per heavy atom. The second kappa shape index (κ2) is 5.83. The number of aliphatic carboxylic acids is 1. The van der Waals surface area contributed by atoms with Crippen LogP contribution in [0.15, 0.2) is 0 Å². The van der Waals surface area contributed by atoms with Crippen LogP contribution >= 0.6 is 12.6 Å². The van der Waals surface area contributed by atoms with Gasteiger partial charge in [0.2, 0.25) is 0 Å². The van der Waals surface area contributed by atoms with Gasteiger partial charge in [-0.25, -0.2) is 0 Å². The molecule has 0 fully saturated rings. The van der Waals surface area contributed by atoms with Crippen molar-refractivity contribution in [2.45, 2.75) is 6.04 Å². The first-order valence-electron chi connectivity index (χ1n) is 1.77. The molecule has 44 valence electrons. The summed E-state index contributed by atoms with van der Waals surface area (Å²) in [6.07, 6.45) is 0. The van der Waals surface area contributed by atoms with Crippen LogP contribution in [-0.4, -0.2) is 22.9 Å². The molecule has 0 aliphatic rings. The van der Waals surface area contributed by atoms with Crippen LogP contribution < -0.4 is 5.73 Å². The Hall–Kier alpha value is 0.702. The zero-order chi connectivity index (χ0) is 5.86. The molecule has 0 aliphatic carbocycles. The number of carboxylic acid groups (broad SMARTS) is 1. The number of hydrogen-bond donors (Lipinski definition) is 3. The first-order valence-corrected chi connectivity index (χ1v) is 2.41. The number of carbonyl (C=O) groups is 1. The second-order valence-electron chi connectivity index (χ2n) is 1.13. The first-order chi connectivity index (χ1) is 3.18. The summed E-state index contributed by atoms with van der Waals surface area (Å²) in [4.78, 5) is 9.76. The molecule has 0 amide bonds. The summed E-state index contributed by atoms with van der Waals surface area (Å²) in [7, 11) is 0. The van der Waals surface area contributed by atoms with Crippen LogP contribution in [0.3, 0.4) is 0 Å². The number of nitrogens with two attached hydrogens (primary N) is 1. The van der Waals surface area contributed by atoms with Crippen molar-refractivity contribution in [3.8, 4) is 0 Å². The quantitative estimate of drug-likeness (QED) is 0.438. The Labute approximate surface area is 73.2 Å². The molecule has 0 saturated carbocycles. The molecule has 0 radical (unpaired) electrons. The van der Waals surface area contributed by atoms with Crippen molar-refractivity contribution in [1.29, 1.82) is 0 Å². The summed E-state index contributed by atoms with van der Waals surface area (Å²) in [6.45, 7) is 0. The summed E-state index contributed by atoms with van der Waals surface area (Å²) in [5, 5.41) is 8.01. The van der Waals surface area contributed by atoms with E-state index in [1.807, 2.05) is 0 Å². The van der Waals surface area contributed by atoms with Crippen LogP contribution in [0.5, 0.6) is 0 Å². The third-order valence-corrected chi connectivity index (χ3v) is 0.907. The van der Waals surface area contributed by atoms with E-state index in [9.17, 15) is 4.79 Å². The molecule has 0 aromatic rings. The van der Waals surface area contributed by atoms with Crippen molar-refractivity contribution in [2.24, 2.45) is 5.73 Å². The van der Waals surface area contributed by atoms with E-state index >= 15 is 0 Å². The Bertz CT molecular complexity index is 79.7. The molecule has 0 saturated heterocycles. The minimum atomic E-state index is -1.00. The minimum absolute atomic E-state index is 0. The predicted molar refractivity (Wildman–Crippen MR) is 29.5 cm³/mol. The van der Waals surface area contributed by atoms with E-state index in [4.69, 9.17) is 10.8 Å². The summed E-state index contributed by atoms with van der Waals surface area (Å²) in [6, 6.07) is -0.816. The predicted octanol–water partition coefficient (Wildman–Crippen LogP) is -0.674. The molecule has 3 N–H and O–H groups in total. The van der Waals surface area contributed by atoms with Crippen LogP contribution in [0.4, 0.5) is 0 Å². The maximum absolute atomic E-state index is 9.76. The van der Waals surface area contributed by atoms with Gasteiger partial charge >= 0.3 is 5.97 Å². The van der Waals surface area contributed by atoms with Gasteiger partial charge in [0.25, 0.3) is 0 Å². The molecule has 0 heterocycles. The first kappa shape index (κ1) is 11.5. The van der Waals surface area contributed by atoms with Crippen molar-refractivity contribution in [3.05, 3.63) is 0 Å². The smallest absolute Gasteiger partial charge is 0.321 e.